The first-order valence-corrected chi connectivity index (χ1v) is 7.15. The molecule has 0 atom stereocenters. The lowest BCUT2D eigenvalue weighted by molar-refractivity contribution is 0.0368. The summed E-state index contributed by atoms with van der Waals surface area (Å²) in [6.45, 7) is 5.92. The summed E-state index contributed by atoms with van der Waals surface area (Å²) in [5.41, 5.74) is 2.25. The van der Waals surface area contributed by atoms with Crippen LogP contribution in [-0.4, -0.2) is 52.5 Å². The number of nitrogens with zero attached hydrogens (tertiary/aromatic N) is 4. The summed E-state index contributed by atoms with van der Waals surface area (Å²) >= 11 is 0. The van der Waals surface area contributed by atoms with E-state index in [-0.39, 0.29) is 0 Å². The second kappa shape index (κ2) is 6.63. The molecule has 2 aromatic heterocycles. The molecule has 106 valence electrons. The van der Waals surface area contributed by atoms with E-state index in [9.17, 15) is 0 Å². The molecule has 2 aromatic rings. The number of hydrogen-bond acceptors (Lipinski definition) is 4. The molecule has 0 radical (unpaired) electrons. The number of aryl methyl sites for hydroxylation is 1. The zero-order valence-corrected chi connectivity index (χ0v) is 11.6. The molecule has 5 nitrogen and oxygen atoms in total. The summed E-state index contributed by atoms with van der Waals surface area (Å²) in [5.74, 6) is 0. The highest BCUT2D eigenvalue weighted by Crippen LogP contribution is 2.16. The predicted molar refractivity (Wildman–Crippen MR) is 77.3 cm³/mol. The summed E-state index contributed by atoms with van der Waals surface area (Å²) in [6, 6.07) is 4.01. The molecule has 1 aliphatic heterocycles. The van der Waals surface area contributed by atoms with Crippen LogP contribution in [-0.2, 0) is 11.3 Å². The molecule has 1 fully saturated rings. The average molecular weight is 272 g/mol. The SMILES string of the molecule is c1cncc(-c2cnn(CCCN3CCOCC3)c2)c1. The third-order valence-electron chi connectivity index (χ3n) is 3.59. The molecule has 1 aliphatic rings. The van der Waals surface area contributed by atoms with Gasteiger partial charge in [0.25, 0.3) is 0 Å². The third kappa shape index (κ3) is 3.43. The van der Waals surface area contributed by atoms with Crippen molar-refractivity contribution in [3.63, 3.8) is 0 Å². The Kier molecular flexibility index (Phi) is 4.40. The Labute approximate surface area is 119 Å². The van der Waals surface area contributed by atoms with Crippen LogP contribution in [0.15, 0.2) is 36.9 Å². The molecular weight excluding hydrogens is 252 g/mol. The Morgan fingerprint density at radius 1 is 1.10 bits per heavy atom. The van der Waals surface area contributed by atoms with Gasteiger partial charge in [-0.15, -0.1) is 0 Å². The average Bonchev–Trinajstić information content (AvgIpc) is 2.98. The lowest BCUT2D eigenvalue weighted by Gasteiger charge is -2.26. The zero-order valence-electron chi connectivity index (χ0n) is 11.6. The first-order chi connectivity index (χ1) is 9.92. The van der Waals surface area contributed by atoms with Gasteiger partial charge in [-0.25, -0.2) is 0 Å². The van der Waals surface area contributed by atoms with Crippen molar-refractivity contribution in [1.29, 1.82) is 0 Å². The van der Waals surface area contributed by atoms with Crippen LogP contribution in [0.1, 0.15) is 6.42 Å². The highest BCUT2D eigenvalue weighted by atomic mass is 16.5. The van der Waals surface area contributed by atoms with Crippen LogP contribution < -0.4 is 0 Å². The quantitative estimate of drug-likeness (QED) is 0.830. The fraction of sp³-hybridized carbons (Fsp3) is 0.467. The van der Waals surface area contributed by atoms with Gasteiger partial charge in [0, 0.05) is 55.9 Å². The lowest BCUT2D eigenvalue weighted by atomic mass is 10.2. The van der Waals surface area contributed by atoms with Crippen molar-refractivity contribution < 1.29 is 4.74 Å². The summed E-state index contributed by atoms with van der Waals surface area (Å²) in [6.07, 6.45) is 8.78. The first-order valence-electron chi connectivity index (χ1n) is 7.15. The zero-order chi connectivity index (χ0) is 13.6. The predicted octanol–water partition coefficient (Wildman–Crippen LogP) is 1.67. The van der Waals surface area contributed by atoms with Gasteiger partial charge in [0.05, 0.1) is 19.4 Å². The standard InChI is InChI=1S/C15H20N4O/c1-3-14(11-16-4-1)15-12-17-19(13-15)6-2-5-18-7-9-20-10-8-18/h1,3-4,11-13H,2,5-10H2. The molecule has 5 heteroatoms. The minimum atomic E-state index is 0.868. The van der Waals surface area contributed by atoms with Crippen molar-refractivity contribution in [3.8, 4) is 11.1 Å². The molecule has 0 amide bonds. The van der Waals surface area contributed by atoms with Crippen LogP contribution in [0.2, 0.25) is 0 Å². The van der Waals surface area contributed by atoms with Crippen LogP contribution >= 0.6 is 0 Å². The van der Waals surface area contributed by atoms with E-state index >= 15 is 0 Å². The van der Waals surface area contributed by atoms with Crippen LogP contribution in [0.3, 0.4) is 0 Å². The summed E-state index contributed by atoms with van der Waals surface area (Å²) < 4.78 is 7.37. The molecular formula is C15H20N4O. The molecule has 0 saturated carbocycles. The van der Waals surface area contributed by atoms with Gasteiger partial charge in [0.2, 0.25) is 0 Å². The van der Waals surface area contributed by atoms with Crippen molar-refractivity contribution in [2.45, 2.75) is 13.0 Å². The van der Waals surface area contributed by atoms with Crippen LogP contribution in [0, 0.1) is 0 Å². The van der Waals surface area contributed by atoms with Crippen molar-refractivity contribution in [3.05, 3.63) is 36.9 Å². The normalized spacial score (nSPS) is 16.4. The smallest absolute Gasteiger partial charge is 0.0594 e. The van der Waals surface area contributed by atoms with Crippen LogP contribution in [0.25, 0.3) is 11.1 Å². The minimum Gasteiger partial charge on any atom is -0.379 e. The molecule has 3 rings (SSSR count). The van der Waals surface area contributed by atoms with Crippen molar-refractivity contribution >= 4 is 0 Å². The molecule has 0 bridgehead atoms. The molecule has 20 heavy (non-hydrogen) atoms. The van der Waals surface area contributed by atoms with Crippen molar-refractivity contribution in [2.24, 2.45) is 0 Å². The number of pyridine rings is 1. The van der Waals surface area contributed by atoms with E-state index in [4.69, 9.17) is 4.74 Å². The van der Waals surface area contributed by atoms with E-state index in [2.05, 4.69) is 27.2 Å². The van der Waals surface area contributed by atoms with Crippen LogP contribution in [0.4, 0.5) is 0 Å². The Hall–Kier alpha value is -1.72. The molecule has 0 unspecified atom stereocenters. The summed E-state index contributed by atoms with van der Waals surface area (Å²) in [5, 5.41) is 4.42. The maximum atomic E-state index is 5.35. The minimum absolute atomic E-state index is 0.868. The maximum Gasteiger partial charge on any atom is 0.0594 e. The van der Waals surface area contributed by atoms with E-state index in [1.165, 1.54) is 0 Å². The molecule has 0 aliphatic carbocycles. The molecule has 0 spiro atoms. The van der Waals surface area contributed by atoms with Gasteiger partial charge >= 0.3 is 0 Å². The largest absolute Gasteiger partial charge is 0.379 e. The van der Waals surface area contributed by atoms with Gasteiger partial charge in [-0.1, -0.05) is 6.07 Å². The second-order valence-electron chi connectivity index (χ2n) is 5.04. The van der Waals surface area contributed by atoms with E-state index in [0.29, 0.717) is 0 Å². The van der Waals surface area contributed by atoms with E-state index in [0.717, 1.165) is 56.9 Å². The van der Waals surface area contributed by atoms with E-state index in [1.807, 2.05) is 23.1 Å². The first kappa shape index (κ1) is 13.3. The Bertz CT molecular complexity index is 520. The van der Waals surface area contributed by atoms with E-state index in [1.54, 1.807) is 6.20 Å². The summed E-state index contributed by atoms with van der Waals surface area (Å²) in [4.78, 5) is 6.59. The third-order valence-corrected chi connectivity index (χ3v) is 3.59. The highest BCUT2D eigenvalue weighted by Gasteiger charge is 2.09. The fourth-order valence-electron chi connectivity index (χ4n) is 2.45. The van der Waals surface area contributed by atoms with Gasteiger partial charge in [-0.3, -0.25) is 14.6 Å². The van der Waals surface area contributed by atoms with Gasteiger partial charge in [-0.05, 0) is 12.5 Å². The second-order valence-corrected chi connectivity index (χ2v) is 5.04. The molecule has 1 saturated heterocycles. The number of rotatable bonds is 5. The number of hydrogen-bond donors (Lipinski definition) is 0. The number of ether oxygens (including phenoxy) is 1. The molecule has 0 aromatic carbocycles. The Morgan fingerprint density at radius 2 is 2.00 bits per heavy atom. The fourth-order valence-corrected chi connectivity index (χ4v) is 2.45. The van der Waals surface area contributed by atoms with Gasteiger partial charge in [0.15, 0.2) is 0 Å². The Balaban J connectivity index is 1.50. The monoisotopic (exact) mass is 272 g/mol. The van der Waals surface area contributed by atoms with Gasteiger partial charge in [0.1, 0.15) is 0 Å². The number of aromatic nitrogens is 3. The molecule has 0 N–H and O–H groups in total. The van der Waals surface area contributed by atoms with Crippen LogP contribution in [0.5, 0.6) is 0 Å². The Morgan fingerprint density at radius 3 is 2.80 bits per heavy atom. The lowest BCUT2D eigenvalue weighted by Crippen LogP contribution is -2.37. The van der Waals surface area contributed by atoms with Gasteiger partial charge in [-0.2, -0.15) is 5.10 Å². The molecule has 3 heterocycles. The maximum absolute atomic E-state index is 5.35. The van der Waals surface area contributed by atoms with E-state index < -0.39 is 0 Å². The summed E-state index contributed by atoms with van der Waals surface area (Å²) in [7, 11) is 0. The van der Waals surface area contributed by atoms with Crippen molar-refractivity contribution in [2.75, 3.05) is 32.8 Å². The van der Waals surface area contributed by atoms with Gasteiger partial charge < -0.3 is 4.74 Å². The topological polar surface area (TPSA) is 43.2 Å². The van der Waals surface area contributed by atoms with Crippen molar-refractivity contribution in [1.82, 2.24) is 19.7 Å². The number of morpholine rings is 1. The highest BCUT2D eigenvalue weighted by molar-refractivity contribution is 5.60.